The topological polar surface area (TPSA) is 83.6 Å². The van der Waals surface area contributed by atoms with E-state index in [-0.39, 0.29) is 0 Å². The quantitative estimate of drug-likeness (QED) is 0.715. The Bertz CT molecular complexity index is 439. The van der Waals surface area contributed by atoms with Gasteiger partial charge in [0.05, 0.1) is 6.42 Å². The highest BCUT2D eigenvalue weighted by Crippen LogP contribution is 2.33. The molecule has 16 heavy (non-hydrogen) atoms. The number of hydrogen-bond donors (Lipinski definition) is 3. The number of carbonyl (C=O) groups is 1. The second kappa shape index (κ2) is 4.63. The summed E-state index contributed by atoms with van der Waals surface area (Å²) >= 11 is 5.34. The van der Waals surface area contributed by atoms with Crippen LogP contribution in [0.3, 0.4) is 0 Å². The van der Waals surface area contributed by atoms with Crippen molar-refractivity contribution < 1.29 is 23.8 Å². The number of aromatic hydroxyl groups is 1. The zero-order valence-corrected chi connectivity index (χ0v) is 8.63. The van der Waals surface area contributed by atoms with Gasteiger partial charge in [-0.3, -0.25) is 4.79 Å². The smallest absolute Gasteiger partial charge is 0.305 e. The molecule has 0 aliphatic rings. The number of halogens is 3. The summed E-state index contributed by atoms with van der Waals surface area (Å²) in [4.78, 5) is 10.4. The number of phenolic OH excluding ortho intramolecular Hbond substituents is 1. The molecule has 1 rings (SSSR count). The third kappa shape index (κ3) is 2.40. The van der Waals surface area contributed by atoms with Crippen LogP contribution < -0.4 is 5.73 Å². The Morgan fingerprint density at radius 2 is 2.12 bits per heavy atom. The van der Waals surface area contributed by atoms with Crippen LogP contribution in [0.15, 0.2) is 6.07 Å². The van der Waals surface area contributed by atoms with Gasteiger partial charge in [0.25, 0.3) is 0 Å². The van der Waals surface area contributed by atoms with E-state index in [0.29, 0.717) is 6.07 Å². The molecule has 1 aromatic rings. The van der Waals surface area contributed by atoms with Crippen molar-refractivity contribution in [2.45, 2.75) is 12.5 Å². The highest BCUT2D eigenvalue weighted by molar-refractivity contribution is 6.32. The lowest BCUT2D eigenvalue weighted by molar-refractivity contribution is -0.137. The van der Waals surface area contributed by atoms with Crippen molar-refractivity contribution in [1.29, 1.82) is 0 Å². The number of aliphatic carboxylic acids is 1. The minimum atomic E-state index is -1.37. The molecular formula is C9H8ClF2NO3. The van der Waals surface area contributed by atoms with Crippen molar-refractivity contribution in [2.75, 3.05) is 0 Å². The molecule has 0 bridgehead atoms. The van der Waals surface area contributed by atoms with Gasteiger partial charge in [0, 0.05) is 17.7 Å². The van der Waals surface area contributed by atoms with E-state index >= 15 is 0 Å². The molecule has 1 unspecified atom stereocenters. The van der Waals surface area contributed by atoms with E-state index in [2.05, 4.69) is 0 Å². The average Bonchev–Trinajstić information content (AvgIpc) is 2.13. The van der Waals surface area contributed by atoms with Crippen molar-refractivity contribution in [2.24, 2.45) is 5.73 Å². The van der Waals surface area contributed by atoms with Crippen molar-refractivity contribution in [3.05, 3.63) is 28.3 Å². The van der Waals surface area contributed by atoms with Gasteiger partial charge in [0.2, 0.25) is 0 Å². The molecule has 0 spiro atoms. The van der Waals surface area contributed by atoms with Gasteiger partial charge < -0.3 is 15.9 Å². The Morgan fingerprint density at radius 1 is 1.56 bits per heavy atom. The standard InChI is InChI=1S/C9H8ClF2NO3/c10-8-5(14)1-3(11)7(9(8)12)4(13)2-6(15)16/h1,4,14H,2,13H2,(H,15,16). The molecule has 0 heterocycles. The zero-order chi connectivity index (χ0) is 12.5. The molecule has 88 valence electrons. The minimum absolute atomic E-state index is 0.586. The largest absolute Gasteiger partial charge is 0.506 e. The van der Waals surface area contributed by atoms with Gasteiger partial charge >= 0.3 is 5.97 Å². The first kappa shape index (κ1) is 12.7. The van der Waals surface area contributed by atoms with Crippen LogP contribution in [0.2, 0.25) is 5.02 Å². The van der Waals surface area contributed by atoms with E-state index in [1.807, 2.05) is 0 Å². The monoisotopic (exact) mass is 251 g/mol. The molecule has 7 heteroatoms. The van der Waals surface area contributed by atoms with Gasteiger partial charge in [0.1, 0.15) is 16.6 Å². The van der Waals surface area contributed by atoms with Gasteiger partial charge in [-0.25, -0.2) is 8.78 Å². The van der Waals surface area contributed by atoms with Gasteiger partial charge in [-0.1, -0.05) is 11.6 Å². The molecule has 1 aromatic carbocycles. The highest BCUT2D eigenvalue weighted by atomic mass is 35.5. The summed E-state index contributed by atoms with van der Waals surface area (Å²) in [6.45, 7) is 0. The summed E-state index contributed by atoms with van der Waals surface area (Å²) in [6.07, 6.45) is -0.644. The predicted molar refractivity (Wildman–Crippen MR) is 52.2 cm³/mol. The third-order valence-corrected chi connectivity index (χ3v) is 2.30. The Balaban J connectivity index is 3.23. The molecule has 4 N–H and O–H groups in total. The summed E-state index contributed by atoms with van der Waals surface area (Å²) in [5, 5.41) is 16.8. The molecule has 0 radical (unpaired) electrons. The maximum atomic E-state index is 13.4. The summed E-state index contributed by atoms with van der Waals surface area (Å²) in [7, 11) is 0. The van der Waals surface area contributed by atoms with E-state index in [1.165, 1.54) is 0 Å². The van der Waals surface area contributed by atoms with Crippen LogP contribution in [-0.2, 0) is 4.79 Å². The van der Waals surface area contributed by atoms with Crippen LogP contribution in [0.25, 0.3) is 0 Å². The Labute approximate surface area is 94.3 Å². The van der Waals surface area contributed by atoms with E-state index in [4.69, 9.17) is 27.5 Å². The maximum absolute atomic E-state index is 13.4. The Hall–Kier alpha value is -1.40. The summed E-state index contributed by atoms with van der Waals surface area (Å²) in [6, 6.07) is -0.779. The SMILES string of the molecule is NC(CC(=O)O)c1c(F)cc(O)c(Cl)c1F. The summed E-state index contributed by atoms with van der Waals surface area (Å²) < 4.78 is 26.7. The first-order chi connectivity index (χ1) is 7.34. The van der Waals surface area contributed by atoms with E-state index in [0.717, 1.165) is 0 Å². The van der Waals surface area contributed by atoms with E-state index in [1.54, 1.807) is 0 Å². The van der Waals surface area contributed by atoms with Gasteiger partial charge in [-0.2, -0.15) is 0 Å². The van der Waals surface area contributed by atoms with Crippen LogP contribution in [0.4, 0.5) is 8.78 Å². The maximum Gasteiger partial charge on any atom is 0.305 e. The number of benzene rings is 1. The first-order valence-electron chi connectivity index (χ1n) is 4.18. The number of nitrogens with two attached hydrogens (primary N) is 1. The third-order valence-electron chi connectivity index (χ3n) is 1.94. The van der Waals surface area contributed by atoms with Crippen LogP contribution in [0.1, 0.15) is 18.0 Å². The summed E-state index contributed by atoms with van der Waals surface area (Å²) in [5.41, 5.74) is 4.67. The zero-order valence-electron chi connectivity index (χ0n) is 7.88. The molecule has 0 amide bonds. The van der Waals surface area contributed by atoms with Gasteiger partial charge in [-0.15, -0.1) is 0 Å². The predicted octanol–water partition coefficient (Wildman–Crippen LogP) is 1.80. The van der Waals surface area contributed by atoms with Crippen LogP contribution in [0.5, 0.6) is 5.75 Å². The molecule has 1 atom stereocenters. The molecule has 0 aliphatic carbocycles. The molecule has 4 nitrogen and oxygen atoms in total. The van der Waals surface area contributed by atoms with Crippen molar-refractivity contribution >= 4 is 17.6 Å². The van der Waals surface area contributed by atoms with E-state index in [9.17, 15) is 13.6 Å². The highest BCUT2D eigenvalue weighted by Gasteiger charge is 2.23. The van der Waals surface area contributed by atoms with Crippen molar-refractivity contribution in [1.82, 2.24) is 0 Å². The fourth-order valence-corrected chi connectivity index (χ4v) is 1.38. The number of carboxylic acids is 1. The number of hydrogen-bond acceptors (Lipinski definition) is 3. The van der Waals surface area contributed by atoms with Crippen LogP contribution >= 0.6 is 11.6 Å². The fourth-order valence-electron chi connectivity index (χ4n) is 1.23. The van der Waals surface area contributed by atoms with Crippen LogP contribution in [0, 0.1) is 11.6 Å². The molecule has 0 aliphatic heterocycles. The lowest BCUT2D eigenvalue weighted by Gasteiger charge is -2.13. The normalized spacial score (nSPS) is 12.5. The number of carboxylic acid groups (broad SMARTS) is 1. The Morgan fingerprint density at radius 3 is 2.62 bits per heavy atom. The first-order valence-corrected chi connectivity index (χ1v) is 4.56. The number of rotatable bonds is 3. The Kier molecular flexibility index (Phi) is 3.66. The van der Waals surface area contributed by atoms with Gasteiger partial charge in [-0.05, 0) is 0 Å². The second-order valence-corrected chi connectivity index (χ2v) is 3.50. The lowest BCUT2D eigenvalue weighted by atomic mass is 10.0. The van der Waals surface area contributed by atoms with Crippen molar-refractivity contribution in [3.8, 4) is 5.75 Å². The molecule has 0 aromatic heterocycles. The lowest BCUT2D eigenvalue weighted by Crippen LogP contribution is -2.18. The molecule has 0 saturated heterocycles. The van der Waals surface area contributed by atoms with E-state index < -0.39 is 46.4 Å². The van der Waals surface area contributed by atoms with Gasteiger partial charge in [0.15, 0.2) is 5.82 Å². The molecule has 0 fully saturated rings. The molecular weight excluding hydrogens is 244 g/mol. The van der Waals surface area contributed by atoms with Crippen molar-refractivity contribution in [3.63, 3.8) is 0 Å². The summed E-state index contributed by atoms with van der Waals surface area (Å²) in [5.74, 6) is -4.43. The molecule has 0 saturated carbocycles. The average molecular weight is 252 g/mol. The van der Waals surface area contributed by atoms with Crippen LogP contribution in [-0.4, -0.2) is 16.2 Å². The number of phenols is 1. The second-order valence-electron chi connectivity index (χ2n) is 3.12. The fraction of sp³-hybridized carbons (Fsp3) is 0.222. The minimum Gasteiger partial charge on any atom is -0.506 e.